The number of amides is 2. The van der Waals surface area contributed by atoms with Crippen molar-refractivity contribution >= 4 is 23.2 Å². The number of ether oxygens (including phenoxy) is 2. The SMILES string of the molecule is COc1cc(NC(=O)COc2ccc(C)cc2)ccc1NC(=O)c1ccco1. The van der Waals surface area contributed by atoms with Gasteiger partial charge in [0.1, 0.15) is 11.5 Å². The number of hydrogen-bond acceptors (Lipinski definition) is 5. The molecular formula is C21H20N2O5. The van der Waals surface area contributed by atoms with E-state index in [-0.39, 0.29) is 18.3 Å². The van der Waals surface area contributed by atoms with Crippen LogP contribution in [0.25, 0.3) is 0 Å². The van der Waals surface area contributed by atoms with Gasteiger partial charge in [0.2, 0.25) is 0 Å². The van der Waals surface area contributed by atoms with Gasteiger partial charge in [0.15, 0.2) is 12.4 Å². The summed E-state index contributed by atoms with van der Waals surface area (Å²) in [5, 5.41) is 5.43. The zero-order chi connectivity index (χ0) is 19.9. The fourth-order valence-corrected chi connectivity index (χ4v) is 2.44. The van der Waals surface area contributed by atoms with Crippen molar-refractivity contribution in [1.29, 1.82) is 0 Å². The number of benzene rings is 2. The van der Waals surface area contributed by atoms with Crippen LogP contribution in [0.1, 0.15) is 16.1 Å². The molecule has 1 aromatic heterocycles. The summed E-state index contributed by atoms with van der Waals surface area (Å²) >= 11 is 0. The van der Waals surface area contributed by atoms with Crippen molar-refractivity contribution in [2.75, 3.05) is 24.4 Å². The molecule has 0 saturated heterocycles. The maximum absolute atomic E-state index is 12.1. The normalized spacial score (nSPS) is 10.2. The summed E-state index contributed by atoms with van der Waals surface area (Å²) in [6.45, 7) is 1.85. The Morgan fingerprint density at radius 1 is 1.04 bits per heavy atom. The maximum atomic E-state index is 12.1. The van der Waals surface area contributed by atoms with Gasteiger partial charge in [-0.25, -0.2) is 0 Å². The van der Waals surface area contributed by atoms with Gasteiger partial charge in [0, 0.05) is 11.8 Å². The van der Waals surface area contributed by atoms with Crippen LogP contribution in [0.5, 0.6) is 11.5 Å². The van der Waals surface area contributed by atoms with Crippen LogP contribution >= 0.6 is 0 Å². The second-order valence-electron chi connectivity index (χ2n) is 6.00. The molecule has 144 valence electrons. The highest BCUT2D eigenvalue weighted by Crippen LogP contribution is 2.28. The molecule has 2 N–H and O–H groups in total. The van der Waals surface area contributed by atoms with Crippen LogP contribution < -0.4 is 20.1 Å². The average molecular weight is 380 g/mol. The average Bonchev–Trinajstić information content (AvgIpc) is 3.23. The Hall–Kier alpha value is -3.74. The van der Waals surface area contributed by atoms with Crippen LogP contribution in [-0.2, 0) is 4.79 Å². The molecule has 7 heteroatoms. The lowest BCUT2D eigenvalue weighted by atomic mass is 10.2. The lowest BCUT2D eigenvalue weighted by Crippen LogP contribution is -2.20. The highest BCUT2D eigenvalue weighted by atomic mass is 16.5. The van der Waals surface area contributed by atoms with E-state index in [4.69, 9.17) is 13.9 Å². The molecule has 1 heterocycles. The minimum absolute atomic E-state index is 0.123. The Kier molecular flexibility index (Phi) is 5.96. The summed E-state index contributed by atoms with van der Waals surface area (Å²) < 4.78 is 15.8. The quantitative estimate of drug-likeness (QED) is 0.649. The highest BCUT2D eigenvalue weighted by Gasteiger charge is 2.13. The van der Waals surface area contributed by atoms with Crippen LogP contribution in [0.2, 0.25) is 0 Å². The van der Waals surface area contributed by atoms with E-state index in [0.29, 0.717) is 22.9 Å². The molecule has 0 atom stereocenters. The zero-order valence-corrected chi connectivity index (χ0v) is 15.5. The Morgan fingerprint density at radius 3 is 2.50 bits per heavy atom. The molecule has 0 bridgehead atoms. The molecule has 0 aliphatic carbocycles. The van der Waals surface area contributed by atoms with Gasteiger partial charge in [0.05, 0.1) is 19.1 Å². The minimum Gasteiger partial charge on any atom is -0.494 e. The third kappa shape index (κ3) is 4.91. The maximum Gasteiger partial charge on any atom is 0.291 e. The second-order valence-corrected chi connectivity index (χ2v) is 6.00. The standard InChI is InChI=1S/C21H20N2O5/c1-14-5-8-16(9-6-14)28-13-20(24)22-15-7-10-17(19(12-15)26-2)23-21(25)18-4-3-11-27-18/h3-12H,13H2,1-2H3,(H,22,24)(H,23,25). The number of carbonyl (C=O) groups is 2. The number of anilines is 2. The Morgan fingerprint density at radius 2 is 1.82 bits per heavy atom. The van der Waals surface area contributed by atoms with Crippen molar-refractivity contribution in [3.05, 3.63) is 72.2 Å². The van der Waals surface area contributed by atoms with Gasteiger partial charge in [-0.05, 0) is 43.3 Å². The van der Waals surface area contributed by atoms with E-state index in [1.807, 2.05) is 31.2 Å². The van der Waals surface area contributed by atoms with Crippen LogP contribution in [0.4, 0.5) is 11.4 Å². The minimum atomic E-state index is -0.397. The van der Waals surface area contributed by atoms with E-state index in [0.717, 1.165) is 5.56 Å². The monoisotopic (exact) mass is 380 g/mol. The summed E-state index contributed by atoms with van der Waals surface area (Å²) in [6, 6.07) is 15.5. The van der Waals surface area contributed by atoms with E-state index < -0.39 is 5.91 Å². The molecule has 0 radical (unpaired) electrons. The van der Waals surface area contributed by atoms with Gasteiger partial charge < -0.3 is 24.5 Å². The Labute approximate surface area is 162 Å². The number of nitrogens with one attached hydrogen (secondary N) is 2. The van der Waals surface area contributed by atoms with Gasteiger partial charge in [-0.2, -0.15) is 0 Å². The fourth-order valence-electron chi connectivity index (χ4n) is 2.44. The summed E-state index contributed by atoms with van der Waals surface area (Å²) in [4.78, 5) is 24.2. The van der Waals surface area contributed by atoms with E-state index in [1.165, 1.54) is 13.4 Å². The van der Waals surface area contributed by atoms with Crippen molar-refractivity contribution in [2.45, 2.75) is 6.92 Å². The first-order valence-corrected chi connectivity index (χ1v) is 8.57. The number of aryl methyl sites for hydroxylation is 1. The van der Waals surface area contributed by atoms with E-state index in [2.05, 4.69) is 10.6 Å². The molecule has 3 rings (SSSR count). The van der Waals surface area contributed by atoms with Gasteiger partial charge in [-0.1, -0.05) is 17.7 Å². The molecule has 0 aliphatic heterocycles. The zero-order valence-electron chi connectivity index (χ0n) is 15.5. The highest BCUT2D eigenvalue weighted by molar-refractivity contribution is 6.03. The molecule has 0 aliphatic rings. The molecule has 3 aromatic rings. The first-order chi connectivity index (χ1) is 13.5. The summed E-state index contributed by atoms with van der Waals surface area (Å²) in [5.74, 6) is 0.501. The predicted octanol–water partition coefficient (Wildman–Crippen LogP) is 3.87. The van der Waals surface area contributed by atoms with Crippen molar-refractivity contribution in [2.24, 2.45) is 0 Å². The van der Waals surface area contributed by atoms with Crippen molar-refractivity contribution in [3.63, 3.8) is 0 Å². The molecule has 0 fully saturated rings. The Bertz CT molecular complexity index is 949. The Balaban J connectivity index is 1.60. The lowest BCUT2D eigenvalue weighted by Gasteiger charge is -2.12. The second kappa shape index (κ2) is 8.77. The van der Waals surface area contributed by atoms with E-state index >= 15 is 0 Å². The van der Waals surface area contributed by atoms with Gasteiger partial charge >= 0.3 is 0 Å². The molecule has 2 amide bonds. The smallest absolute Gasteiger partial charge is 0.291 e. The lowest BCUT2D eigenvalue weighted by molar-refractivity contribution is -0.118. The number of hydrogen-bond donors (Lipinski definition) is 2. The van der Waals surface area contributed by atoms with Crippen LogP contribution in [0.3, 0.4) is 0 Å². The van der Waals surface area contributed by atoms with Crippen molar-refractivity contribution in [3.8, 4) is 11.5 Å². The molecule has 2 aromatic carbocycles. The molecule has 28 heavy (non-hydrogen) atoms. The molecular weight excluding hydrogens is 360 g/mol. The molecule has 0 saturated carbocycles. The summed E-state index contributed by atoms with van der Waals surface area (Å²) in [5.41, 5.74) is 2.09. The topological polar surface area (TPSA) is 89.8 Å². The van der Waals surface area contributed by atoms with Gasteiger partial charge in [-0.15, -0.1) is 0 Å². The van der Waals surface area contributed by atoms with Crippen LogP contribution in [0, 0.1) is 6.92 Å². The third-order valence-corrected chi connectivity index (χ3v) is 3.87. The fraction of sp³-hybridized carbons (Fsp3) is 0.143. The number of furan rings is 1. The van der Waals surface area contributed by atoms with Gasteiger partial charge in [0.25, 0.3) is 11.8 Å². The number of rotatable bonds is 7. The molecule has 0 unspecified atom stereocenters. The first kappa shape index (κ1) is 19.0. The first-order valence-electron chi connectivity index (χ1n) is 8.57. The van der Waals surface area contributed by atoms with Crippen molar-refractivity contribution in [1.82, 2.24) is 0 Å². The van der Waals surface area contributed by atoms with Crippen molar-refractivity contribution < 1.29 is 23.5 Å². The number of methoxy groups -OCH3 is 1. The van der Waals surface area contributed by atoms with Crippen LogP contribution in [0.15, 0.2) is 65.3 Å². The molecule has 7 nitrogen and oxygen atoms in total. The van der Waals surface area contributed by atoms with E-state index in [9.17, 15) is 9.59 Å². The summed E-state index contributed by atoms with van der Waals surface area (Å²) in [6.07, 6.45) is 1.42. The summed E-state index contributed by atoms with van der Waals surface area (Å²) in [7, 11) is 1.48. The number of carbonyl (C=O) groups excluding carboxylic acids is 2. The third-order valence-electron chi connectivity index (χ3n) is 3.87. The van der Waals surface area contributed by atoms with Gasteiger partial charge in [-0.3, -0.25) is 9.59 Å². The van der Waals surface area contributed by atoms with E-state index in [1.54, 1.807) is 30.3 Å². The predicted molar refractivity (Wildman–Crippen MR) is 105 cm³/mol. The molecule has 0 spiro atoms. The van der Waals surface area contributed by atoms with Crippen LogP contribution in [-0.4, -0.2) is 25.5 Å². The largest absolute Gasteiger partial charge is 0.494 e.